The molecule has 0 aliphatic heterocycles. The van der Waals surface area contributed by atoms with Crippen molar-refractivity contribution >= 4 is 11.9 Å². The Kier molecular flexibility index (Phi) is 3.29. The van der Waals surface area contributed by atoms with Crippen molar-refractivity contribution in [3.8, 4) is 0 Å². The third-order valence-corrected chi connectivity index (χ3v) is 3.75. The van der Waals surface area contributed by atoms with Crippen molar-refractivity contribution in [1.29, 1.82) is 0 Å². The molecular formula is C12H17F2NO3. The Bertz CT molecular complexity index is 366. The predicted octanol–water partition coefficient (Wildman–Crippen LogP) is 1.94. The summed E-state index contributed by atoms with van der Waals surface area (Å²) in [6.07, 6.45) is 1.52. The fourth-order valence-corrected chi connectivity index (χ4v) is 2.55. The lowest BCUT2D eigenvalue weighted by atomic mass is 9.84. The van der Waals surface area contributed by atoms with Crippen molar-refractivity contribution < 1.29 is 23.5 Å². The van der Waals surface area contributed by atoms with Gasteiger partial charge in [-0.25, -0.2) is 13.6 Å². The summed E-state index contributed by atoms with van der Waals surface area (Å²) in [6, 6.07) is 0. The second-order valence-electron chi connectivity index (χ2n) is 5.46. The molecule has 1 amide bonds. The Morgan fingerprint density at radius 2 is 1.94 bits per heavy atom. The number of nitrogens with one attached hydrogen (secondary N) is 1. The van der Waals surface area contributed by atoms with E-state index < -0.39 is 23.3 Å². The number of carbonyl (C=O) groups is 2. The number of halogens is 2. The van der Waals surface area contributed by atoms with Crippen LogP contribution in [0.15, 0.2) is 0 Å². The number of hydrogen-bond acceptors (Lipinski definition) is 2. The van der Waals surface area contributed by atoms with Gasteiger partial charge in [0.25, 0.3) is 0 Å². The van der Waals surface area contributed by atoms with Crippen LogP contribution in [-0.4, -0.2) is 28.4 Å². The number of carbonyl (C=O) groups excluding carboxylic acids is 1. The molecule has 102 valence electrons. The number of aliphatic carboxylic acids is 1. The SMILES string of the molecule is O=C(CC1CCCC(F)(F)C1)NC1(C(=O)O)CC1. The average molecular weight is 261 g/mol. The highest BCUT2D eigenvalue weighted by atomic mass is 19.3. The smallest absolute Gasteiger partial charge is 0.329 e. The second-order valence-corrected chi connectivity index (χ2v) is 5.46. The minimum Gasteiger partial charge on any atom is -0.480 e. The Labute approximate surface area is 104 Å². The zero-order valence-corrected chi connectivity index (χ0v) is 10.0. The van der Waals surface area contributed by atoms with Crippen LogP contribution >= 0.6 is 0 Å². The first-order valence-corrected chi connectivity index (χ1v) is 6.25. The third-order valence-electron chi connectivity index (χ3n) is 3.75. The van der Waals surface area contributed by atoms with Crippen molar-refractivity contribution in [2.24, 2.45) is 5.92 Å². The van der Waals surface area contributed by atoms with E-state index in [0.29, 0.717) is 25.7 Å². The molecule has 0 bridgehead atoms. The summed E-state index contributed by atoms with van der Waals surface area (Å²) >= 11 is 0. The van der Waals surface area contributed by atoms with Crippen LogP contribution in [0.2, 0.25) is 0 Å². The summed E-state index contributed by atoms with van der Waals surface area (Å²) in [6.45, 7) is 0. The lowest BCUT2D eigenvalue weighted by Crippen LogP contribution is -2.44. The van der Waals surface area contributed by atoms with E-state index >= 15 is 0 Å². The monoisotopic (exact) mass is 261 g/mol. The van der Waals surface area contributed by atoms with Crippen LogP contribution in [0.3, 0.4) is 0 Å². The Morgan fingerprint density at radius 3 is 2.44 bits per heavy atom. The van der Waals surface area contributed by atoms with Crippen molar-refractivity contribution in [3.05, 3.63) is 0 Å². The highest BCUT2D eigenvalue weighted by Crippen LogP contribution is 2.39. The third kappa shape index (κ3) is 2.97. The fourth-order valence-electron chi connectivity index (χ4n) is 2.55. The number of carboxylic acids is 1. The highest BCUT2D eigenvalue weighted by molar-refractivity contribution is 5.89. The van der Waals surface area contributed by atoms with Crippen LogP contribution < -0.4 is 5.32 Å². The van der Waals surface area contributed by atoms with E-state index in [1.54, 1.807) is 0 Å². The van der Waals surface area contributed by atoms with E-state index in [0.717, 1.165) is 0 Å². The molecule has 2 N–H and O–H groups in total. The number of alkyl halides is 2. The number of carboxylic acid groups (broad SMARTS) is 1. The first-order valence-electron chi connectivity index (χ1n) is 6.25. The van der Waals surface area contributed by atoms with Gasteiger partial charge in [-0.15, -0.1) is 0 Å². The average Bonchev–Trinajstić information content (AvgIpc) is 2.96. The molecule has 0 aromatic rings. The molecule has 1 unspecified atom stereocenters. The van der Waals surface area contributed by atoms with Gasteiger partial charge in [0.1, 0.15) is 5.54 Å². The van der Waals surface area contributed by atoms with Crippen molar-refractivity contribution in [3.63, 3.8) is 0 Å². The summed E-state index contributed by atoms with van der Waals surface area (Å²) in [5, 5.41) is 11.4. The molecule has 2 saturated carbocycles. The molecule has 0 aromatic heterocycles. The highest BCUT2D eigenvalue weighted by Gasteiger charge is 2.51. The predicted molar refractivity (Wildman–Crippen MR) is 59.3 cm³/mol. The van der Waals surface area contributed by atoms with Gasteiger partial charge in [0.05, 0.1) is 0 Å². The molecule has 2 aliphatic rings. The van der Waals surface area contributed by atoms with Gasteiger partial charge in [-0.1, -0.05) is 0 Å². The molecule has 2 rings (SSSR count). The van der Waals surface area contributed by atoms with E-state index in [9.17, 15) is 18.4 Å². The summed E-state index contributed by atoms with van der Waals surface area (Å²) in [5.74, 6) is -4.46. The summed E-state index contributed by atoms with van der Waals surface area (Å²) < 4.78 is 26.3. The maximum absolute atomic E-state index is 13.2. The molecule has 18 heavy (non-hydrogen) atoms. The maximum Gasteiger partial charge on any atom is 0.329 e. The van der Waals surface area contributed by atoms with Crippen LogP contribution in [0.1, 0.15) is 44.9 Å². The molecule has 0 radical (unpaired) electrons. The molecule has 4 nitrogen and oxygen atoms in total. The molecule has 2 fully saturated rings. The minimum atomic E-state index is -2.67. The molecule has 0 heterocycles. The topological polar surface area (TPSA) is 66.4 Å². The molecule has 0 aromatic carbocycles. The van der Waals surface area contributed by atoms with Crippen molar-refractivity contribution in [2.45, 2.75) is 56.4 Å². The standard InChI is InChI=1S/C12H17F2NO3/c13-12(14)3-1-2-8(7-12)6-9(16)15-11(4-5-11)10(17)18/h8H,1-7H2,(H,15,16)(H,17,18). The van der Waals surface area contributed by atoms with Gasteiger partial charge >= 0.3 is 5.97 Å². The second kappa shape index (κ2) is 4.48. The quantitative estimate of drug-likeness (QED) is 0.812. The molecule has 1 atom stereocenters. The Morgan fingerprint density at radius 1 is 1.28 bits per heavy atom. The summed E-state index contributed by atoms with van der Waals surface area (Å²) in [7, 11) is 0. The number of hydrogen-bond donors (Lipinski definition) is 2. The maximum atomic E-state index is 13.2. The lowest BCUT2D eigenvalue weighted by Gasteiger charge is -2.28. The fraction of sp³-hybridized carbons (Fsp3) is 0.833. The van der Waals surface area contributed by atoms with Crippen molar-refractivity contribution in [1.82, 2.24) is 5.32 Å². The molecule has 6 heteroatoms. The van der Waals surface area contributed by atoms with Gasteiger partial charge in [-0.2, -0.15) is 0 Å². The summed E-state index contributed by atoms with van der Waals surface area (Å²) in [4.78, 5) is 22.5. The minimum absolute atomic E-state index is 0.00458. The van der Waals surface area contributed by atoms with E-state index in [1.165, 1.54) is 0 Å². The molecular weight excluding hydrogens is 244 g/mol. The van der Waals surface area contributed by atoms with Crippen LogP contribution in [0, 0.1) is 5.92 Å². The summed E-state index contributed by atoms with van der Waals surface area (Å²) in [5.41, 5.74) is -1.12. The lowest BCUT2D eigenvalue weighted by molar-refractivity contribution is -0.143. The van der Waals surface area contributed by atoms with Gasteiger partial charge in [-0.05, 0) is 31.6 Å². The van der Waals surface area contributed by atoms with Crippen LogP contribution in [0.4, 0.5) is 8.78 Å². The van der Waals surface area contributed by atoms with E-state index in [1.807, 2.05) is 0 Å². The Balaban J connectivity index is 1.83. The van der Waals surface area contributed by atoms with Gasteiger partial charge in [0, 0.05) is 19.3 Å². The van der Waals surface area contributed by atoms with Gasteiger partial charge in [0.15, 0.2) is 0 Å². The Hall–Kier alpha value is -1.20. The van der Waals surface area contributed by atoms with E-state index in [-0.39, 0.29) is 25.2 Å². The first kappa shape index (κ1) is 13.2. The van der Waals surface area contributed by atoms with Crippen LogP contribution in [0.25, 0.3) is 0 Å². The van der Waals surface area contributed by atoms with Crippen LogP contribution in [-0.2, 0) is 9.59 Å². The van der Waals surface area contributed by atoms with Gasteiger partial charge in [-0.3, -0.25) is 4.79 Å². The van der Waals surface area contributed by atoms with Gasteiger partial charge in [0.2, 0.25) is 11.8 Å². The largest absolute Gasteiger partial charge is 0.480 e. The van der Waals surface area contributed by atoms with E-state index in [4.69, 9.17) is 5.11 Å². The normalized spacial score (nSPS) is 28.4. The molecule has 0 saturated heterocycles. The zero-order chi connectivity index (χ0) is 13.4. The first-order chi connectivity index (χ1) is 8.33. The molecule has 2 aliphatic carbocycles. The zero-order valence-electron chi connectivity index (χ0n) is 10.0. The van der Waals surface area contributed by atoms with Crippen LogP contribution in [0.5, 0.6) is 0 Å². The van der Waals surface area contributed by atoms with E-state index in [2.05, 4.69) is 5.32 Å². The molecule has 0 spiro atoms. The number of rotatable bonds is 4. The van der Waals surface area contributed by atoms with Crippen molar-refractivity contribution in [2.75, 3.05) is 0 Å². The number of amides is 1. The van der Waals surface area contributed by atoms with Gasteiger partial charge < -0.3 is 10.4 Å².